The van der Waals surface area contributed by atoms with Crippen molar-refractivity contribution in [3.8, 4) is 0 Å². The van der Waals surface area contributed by atoms with Crippen LogP contribution < -0.4 is 0 Å². The van der Waals surface area contributed by atoms with Crippen molar-refractivity contribution in [2.75, 3.05) is 13.1 Å². The van der Waals surface area contributed by atoms with Gasteiger partial charge in [0.1, 0.15) is 5.76 Å². The number of hydrogen-bond acceptors (Lipinski definition) is 5. The first-order valence-corrected chi connectivity index (χ1v) is 8.84. The first kappa shape index (κ1) is 15.8. The molecule has 0 unspecified atom stereocenters. The van der Waals surface area contributed by atoms with Crippen molar-refractivity contribution in [3.05, 3.63) is 35.0 Å². The quantitative estimate of drug-likeness (QED) is 0.935. The van der Waals surface area contributed by atoms with Crippen LogP contribution in [0.2, 0.25) is 0 Å². The van der Waals surface area contributed by atoms with E-state index in [1.807, 2.05) is 37.8 Å². The maximum absolute atomic E-state index is 10.6. The van der Waals surface area contributed by atoms with Crippen LogP contribution >= 0.6 is 0 Å². The van der Waals surface area contributed by atoms with E-state index in [4.69, 9.17) is 4.52 Å². The van der Waals surface area contributed by atoms with Crippen LogP contribution in [-0.2, 0) is 6.54 Å². The fourth-order valence-corrected chi connectivity index (χ4v) is 4.48. The topological polar surface area (TPSA) is 67.3 Å². The molecule has 2 aliphatic rings. The number of likely N-dealkylation sites (tertiary alicyclic amines) is 1. The molecule has 1 saturated heterocycles. The number of aliphatic hydroxyl groups is 1. The summed E-state index contributed by atoms with van der Waals surface area (Å²) in [6.45, 7) is 9.07. The van der Waals surface area contributed by atoms with Crippen LogP contribution in [-0.4, -0.2) is 44.1 Å². The van der Waals surface area contributed by atoms with Crippen molar-refractivity contribution in [1.29, 1.82) is 0 Å². The maximum Gasteiger partial charge on any atom is 0.138 e. The summed E-state index contributed by atoms with van der Waals surface area (Å²) in [5.41, 5.74) is 3.36. The number of nitrogens with zero attached hydrogens (tertiary/aromatic N) is 4. The monoisotopic (exact) mass is 330 g/mol. The highest BCUT2D eigenvalue weighted by Gasteiger charge is 2.42. The molecule has 2 fully saturated rings. The standard InChI is InChI=1S/C18H26N4O2/c1-11-6-19-22(7-11)17-4-14-8-21(9-15(14)5-18(17)23)10-16-12(2)20-24-13(16)3/h6-7,14-15,17-18,23H,4-5,8-10H2,1-3H3/t14-,15+,17-,18-/m0/s1. The lowest BCUT2D eigenvalue weighted by atomic mass is 9.77. The molecule has 1 aliphatic heterocycles. The third-order valence-corrected chi connectivity index (χ3v) is 5.82. The van der Waals surface area contributed by atoms with Gasteiger partial charge in [-0.3, -0.25) is 9.58 Å². The zero-order chi connectivity index (χ0) is 16.8. The van der Waals surface area contributed by atoms with Crippen molar-refractivity contribution in [2.24, 2.45) is 11.8 Å². The zero-order valence-corrected chi connectivity index (χ0v) is 14.6. The summed E-state index contributed by atoms with van der Waals surface area (Å²) in [6.07, 6.45) is 5.49. The summed E-state index contributed by atoms with van der Waals surface area (Å²) in [5, 5.41) is 19.1. The number of hydrogen-bond donors (Lipinski definition) is 1. The summed E-state index contributed by atoms with van der Waals surface area (Å²) in [7, 11) is 0. The van der Waals surface area contributed by atoms with Gasteiger partial charge in [0.05, 0.1) is 24.0 Å². The predicted molar refractivity (Wildman–Crippen MR) is 89.5 cm³/mol. The van der Waals surface area contributed by atoms with Gasteiger partial charge in [0, 0.05) is 31.4 Å². The lowest BCUT2D eigenvalue weighted by molar-refractivity contribution is 0.0306. The molecule has 6 nitrogen and oxygen atoms in total. The molecule has 6 heteroatoms. The second-order valence-corrected chi connectivity index (χ2v) is 7.62. The second kappa shape index (κ2) is 6.01. The molecule has 0 amide bonds. The third kappa shape index (κ3) is 2.78. The first-order valence-electron chi connectivity index (χ1n) is 8.84. The predicted octanol–water partition coefficient (Wildman–Crippen LogP) is 2.24. The number of aromatic nitrogens is 3. The molecule has 0 aromatic carbocycles. The third-order valence-electron chi connectivity index (χ3n) is 5.82. The molecule has 0 radical (unpaired) electrons. The van der Waals surface area contributed by atoms with Gasteiger partial charge < -0.3 is 9.63 Å². The van der Waals surface area contributed by atoms with Crippen LogP contribution in [0.3, 0.4) is 0 Å². The average Bonchev–Trinajstić information content (AvgIpc) is 3.21. The molecular formula is C18H26N4O2. The fourth-order valence-electron chi connectivity index (χ4n) is 4.48. The highest BCUT2D eigenvalue weighted by molar-refractivity contribution is 5.20. The molecule has 1 aliphatic carbocycles. The molecule has 130 valence electrons. The van der Waals surface area contributed by atoms with Crippen molar-refractivity contribution < 1.29 is 9.63 Å². The summed E-state index contributed by atoms with van der Waals surface area (Å²) >= 11 is 0. The molecule has 1 N–H and O–H groups in total. The Balaban J connectivity index is 1.45. The van der Waals surface area contributed by atoms with E-state index in [1.165, 1.54) is 5.56 Å². The SMILES string of the molecule is Cc1cnn([C@H]2C[C@H]3CN(Cc4c(C)noc4C)C[C@H]3C[C@@H]2O)c1. The highest BCUT2D eigenvalue weighted by atomic mass is 16.5. The number of aliphatic hydroxyl groups excluding tert-OH is 1. The van der Waals surface area contributed by atoms with Crippen LogP contribution in [0.1, 0.15) is 41.5 Å². The Bertz CT molecular complexity index is 703. The molecule has 0 bridgehead atoms. The minimum absolute atomic E-state index is 0.110. The first-order chi connectivity index (χ1) is 11.5. The Hall–Kier alpha value is -1.66. The molecule has 1 saturated carbocycles. The van der Waals surface area contributed by atoms with Crippen LogP contribution in [0.15, 0.2) is 16.9 Å². The van der Waals surface area contributed by atoms with Gasteiger partial charge in [-0.2, -0.15) is 5.10 Å². The molecule has 3 heterocycles. The number of aryl methyl sites for hydroxylation is 3. The van der Waals surface area contributed by atoms with Crippen LogP contribution in [0.25, 0.3) is 0 Å². The van der Waals surface area contributed by atoms with Gasteiger partial charge >= 0.3 is 0 Å². The van der Waals surface area contributed by atoms with E-state index in [9.17, 15) is 5.11 Å². The Morgan fingerprint density at radius 2 is 1.96 bits per heavy atom. The summed E-state index contributed by atoms with van der Waals surface area (Å²) in [4.78, 5) is 2.49. The molecule has 2 aromatic heterocycles. The molecular weight excluding hydrogens is 304 g/mol. The van der Waals surface area contributed by atoms with Gasteiger partial charge in [-0.25, -0.2) is 0 Å². The molecule has 4 atom stereocenters. The van der Waals surface area contributed by atoms with Gasteiger partial charge in [-0.1, -0.05) is 5.16 Å². The van der Waals surface area contributed by atoms with Gasteiger partial charge in [0.25, 0.3) is 0 Å². The average molecular weight is 330 g/mol. The molecule has 0 spiro atoms. The normalized spacial score (nSPS) is 30.7. The minimum Gasteiger partial charge on any atom is -0.391 e. The van der Waals surface area contributed by atoms with E-state index in [2.05, 4.69) is 15.2 Å². The van der Waals surface area contributed by atoms with Crippen LogP contribution in [0.5, 0.6) is 0 Å². The lowest BCUT2D eigenvalue weighted by Crippen LogP contribution is -2.36. The van der Waals surface area contributed by atoms with E-state index in [-0.39, 0.29) is 12.1 Å². The highest BCUT2D eigenvalue weighted by Crippen LogP contribution is 2.41. The molecule has 2 aromatic rings. The van der Waals surface area contributed by atoms with Crippen molar-refractivity contribution in [2.45, 2.75) is 52.3 Å². The van der Waals surface area contributed by atoms with Gasteiger partial charge in [0.2, 0.25) is 0 Å². The van der Waals surface area contributed by atoms with Crippen molar-refractivity contribution >= 4 is 0 Å². The van der Waals surface area contributed by atoms with E-state index >= 15 is 0 Å². The van der Waals surface area contributed by atoms with E-state index < -0.39 is 0 Å². The summed E-state index contributed by atoms with van der Waals surface area (Å²) in [6, 6.07) is 0.110. The number of fused-ring (bicyclic) bond motifs is 1. The molecule has 4 rings (SSSR count). The van der Waals surface area contributed by atoms with Crippen LogP contribution in [0, 0.1) is 32.6 Å². The largest absolute Gasteiger partial charge is 0.391 e. The van der Waals surface area contributed by atoms with E-state index in [1.54, 1.807) is 0 Å². The van der Waals surface area contributed by atoms with E-state index in [0.717, 1.165) is 49.5 Å². The zero-order valence-electron chi connectivity index (χ0n) is 14.6. The Labute approximate surface area is 142 Å². The van der Waals surface area contributed by atoms with Crippen molar-refractivity contribution in [3.63, 3.8) is 0 Å². The Kier molecular flexibility index (Phi) is 3.96. The fraction of sp³-hybridized carbons (Fsp3) is 0.667. The summed E-state index contributed by atoms with van der Waals surface area (Å²) in [5.74, 6) is 2.13. The maximum atomic E-state index is 10.6. The summed E-state index contributed by atoms with van der Waals surface area (Å²) < 4.78 is 7.26. The van der Waals surface area contributed by atoms with Crippen molar-refractivity contribution in [1.82, 2.24) is 19.8 Å². The second-order valence-electron chi connectivity index (χ2n) is 7.62. The molecule has 24 heavy (non-hydrogen) atoms. The Morgan fingerprint density at radius 3 is 2.58 bits per heavy atom. The van der Waals surface area contributed by atoms with E-state index in [0.29, 0.717) is 11.8 Å². The van der Waals surface area contributed by atoms with Gasteiger partial charge in [-0.15, -0.1) is 0 Å². The van der Waals surface area contributed by atoms with Gasteiger partial charge in [-0.05, 0) is 51.0 Å². The minimum atomic E-state index is -0.301. The van der Waals surface area contributed by atoms with Gasteiger partial charge in [0.15, 0.2) is 0 Å². The number of rotatable bonds is 3. The smallest absolute Gasteiger partial charge is 0.138 e. The Morgan fingerprint density at radius 1 is 1.21 bits per heavy atom. The lowest BCUT2D eigenvalue weighted by Gasteiger charge is -2.35. The van der Waals surface area contributed by atoms with Crippen LogP contribution in [0.4, 0.5) is 0 Å².